The number of nitrogens with zero attached hydrogens (tertiary/aromatic N) is 1. The van der Waals surface area contributed by atoms with E-state index in [0.717, 1.165) is 13.0 Å². The Hall–Kier alpha value is -0.970. The van der Waals surface area contributed by atoms with E-state index in [0.29, 0.717) is 24.6 Å². The summed E-state index contributed by atoms with van der Waals surface area (Å²) in [6.45, 7) is 3.83. The fourth-order valence-electron chi connectivity index (χ4n) is 2.57. The summed E-state index contributed by atoms with van der Waals surface area (Å²) in [7, 11) is 0. The lowest BCUT2D eigenvalue weighted by molar-refractivity contribution is 0.0105. The van der Waals surface area contributed by atoms with Gasteiger partial charge in [-0.05, 0) is 24.9 Å². The van der Waals surface area contributed by atoms with Gasteiger partial charge >= 0.3 is 0 Å². The van der Waals surface area contributed by atoms with Crippen molar-refractivity contribution in [3.05, 3.63) is 35.6 Å². The molecule has 1 aliphatic heterocycles. The third kappa shape index (κ3) is 2.71. The van der Waals surface area contributed by atoms with Crippen molar-refractivity contribution >= 4 is 0 Å². The zero-order valence-corrected chi connectivity index (χ0v) is 10.7. The molecule has 0 aliphatic carbocycles. The molecule has 3 atom stereocenters. The number of piperidine rings is 1. The highest BCUT2D eigenvalue weighted by molar-refractivity contribution is 5.22. The summed E-state index contributed by atoms with van der Waals surface area (Å²) in [5, 5.41) is 9.93. The standard InChI is InChI=1S/C14H21FN2O/c1-10-6-7-17(9-14(10)18)13(8-16)11-4-2-3-5-12(11)15/h2-5,10,13-14,18H,6-9,16H2,1H3. The summed E-state index contributed by atoms with van der Waals surface area (Å²) in [5.41, 5.74) is 6.42. The smallest absolute Gasteiger partial charge is 0.128 e. The predicted molar refractivity (Wildman–Crippen MR) is 69.6 cm³/mol. The SMILES string of the molecule is CC1CCN(C(CN)c2ccccc2F)CC1O. The first-order valence-corrected chi connectivity index (χ1v) is 6.50. The van der Waals surface area contributed by atoms with Gasteiger partial charge in [0.05, 0.1) is 12.1 Å². The van der Waals surface area contributed by atoms with E-state index in [1.54, 1.807) is 12.1 Å². The molecule has 0 bridgehead atoms. The Bertz CT molecular complexity index is 399. The topological polar surface area (TPSA) is 49.5 Å². The molecule has 0 saturated carbocycles. The Kier molecular flexibility index (Phi) is 4.32. The molecule has 0 aromatic heterocycles. The van der Waals surface area contributed by atoms with Crippen molar-refractivity contribution in [1.82, 2.24) is 4.90 Å². The molecule has 1 fully saturated rings. The number of β-amino-alcohol motifs (C(OH)–C–C–N with tert-alkyl or cyclic N) is 1. The molecule has 1 aromatic rings. The van der Waals surface area contributed by atoms with Gasteiger partial charge in [-0.25, -0.2) is 4.39 Å². The number of likely N-dealkylation sites (tertiary alicyclic amines) is 1. The van der Waals surface area contributed by atoms with Crippen molar-refractivity contribution in [3.63, 3.8) is 0 Å². The van der Waals surface area contributed by atoms with Crippen molar-refractivity contribution < 1.29 is 9.50 Å². The number of benzene rings is 1. The van der Waals surface area contributed by atoms with E-state index in [2.05, 4.69) is 4.90 Å². The second kappa shape index (κ2) is 5.78. The number of aliphatic hydroxyl groups excluding tert-OH is 1. The van der Waals surface area contributed by atoms with Crippen molar-refractivity contribution in [2.45, 2.75) is 25.5 Å². The Balaban J connectivity index is 2.17. The first-order chi connectivity index (χ1) is 8.63. The fraction of sp³-hybridized carbons (Fsp3) is 0.571. The molecule has 1 heterocycles. The maximum atomic E-state index is 13.8. The van der Waals surface area contributed by atoms with Gasteiger partial charge < -0.3 is 10.8 Å². The summed E-state index contributed by atoms with van der Waals surface area (Å²) in [6.07, 6.45) is 0.575. The second-order valence-corrected chi connectivity index (χ2v) is 5.10. The molecule has 0 amide bonds. The van der Waals surface area contributed by atoms with E-state index < -0.39 is 0 Å². The van der Waals surface area contributed by atoms with E-state index in [1.807, 2.05) is 13.0 Å². The highest BCUT2D eigenvalue weighted by Gasteiger charge is 2.30. The summed E-state index contributed by atoms with van der Waals surface area (Å²) < 4.78 is 13.8. The highest BCUT2D eigenvalue weighted by Crippen LogP contribution is 2.27. The van der Waals surface area contributed by atoms with E-state index in [4.69, 9.17) is 5.73 Å². The maximum absolute atomic E-state index is 13.8. The first-order valence-electron chi connectivity index (χ1n) is 6.50. The maximum Gasteiger partial charge on any atom is 0.128 e. The minimum atomic E-state index is -0.348. The van der Waals surface area contributed by atoms with Crippen LogP contribution in [0.3, 0.4) is 0 Å². The van der Waals surface area contributed by atoms with Crippen LogP contribution in [0, 0.1) is 11.7 Å². The lowest BCUT2D eigenvalue weighted by Crippen LogP contribution is -2.46. The summed E-state index contributed by atoms with van der Waals surface area (Å²) in [5.74, 6) is 0.0846. The van der Waals surface area contributed by atoms with Crippen LogP contribution in [0.4, 0.5) is 4.39 Å². The van der Waals surface area contributed by atoms with Crippen LogP contribution in [-0.4, -0.2) is 35.7 Å². The van der Waals surface area contributed by atoms with Crippen LogP contribution in [0.2, 0.25) is 0 Å². The lowest BCUT2D eigenvalue weighted by atomic mass is 9.93. The zero-order chi connectivity index (χ0) is 13.1. The van der Waals surface area contributed by atoms with Gasteiger partial charge in [0.25, 0.3) is 0 Å². The van der Waals surface area contributed by atoms with Crippen molar-refractivity contribution in [3.8, 4) is 0 Å². The van der Waals surface area contributed by atoms with Gasteiger partial charge in [-0.2, -0.15) is 0 Å². The van der Waals surface area contributed by atoms with E-state index in [9.17, 15) is 9.50 Å². The van der Waals surface area contributed by atoms with E-state index >= 15 is 0 Å². The molecule has 3 N–H and O–H groups in total. The van der Waals surface area contributed by atoms with Crippen LogP contribution in [0.15, 0.2) is 24.3 Å². The third-order valence-corrected chi connectivity index (χ3v) is 3.88. The molecule has 1 aliphatic rings. The molecule has 100 valence electrons. The van der Waals surface area contributed by atoms with Gasteiger partial charge in [0.1, 0.15) is 5.82 Å². The van der Waals surface area contributed by atoms with E-state index in [-0.39, 0.29) is 18.0 Å². The van der Waals surface area contributed by atoms with Gasteiger partial charge in [-0.1, -0.05) is 25.1 Å². The zero-order valence-electron chi connectivity index (χ0n) is 10.7. The van der Waals surface area contributed by atoms with Crippen molar-refractivity contribution in [2.75, 3.05) is 19.6 Å². The molecule has 4 heteroatoms. The second-order valence-electron chi connectivity index (χ2n) is 5.10. The quantitative estimate of drug-likeness (QED) is 0.857. The molecular weight excluding hydrogens is 231 g/mol. The van der Waals surface area contributed by atoms with Gasteiger partial charge in [-0.3, -0.25) is 4.90 Å². The summed E-state index contributed by atoms with van der Waals surface area (Å²) in [4.78, 5) is 2.09. The van der Waals surface area contributed by atoms with Crippen molar-refractivity contribution in [2.24, 2.45) is 11.7 Å². The normalized spacial score (nSPS) is 27.1. The van der Waals surface area contributed by atoms with Crippen LogP contribution in [0.1, 0.15) is 24.9 Å². The van der Waals surface area contributed by atoms with Crippen LogP contribution in [0.25, 0.3) is 0 Å². The van der Waals surface area contributed by atoms with Crippen LogP contribution < -0.4 is 5.73 Å². The van der Waals surface area contributed by atoms with Gasteiger partial charge in [-0.15, -0.1) is 0 Å². The van der Waals surface area contributed by atoms with Gasteiger partial charge in [0, 0.05) is 18.7 Å². The lowest BCUT2D eigenvalue weighted by Gasteiger charge is -2.39. The average molecular weight is 252 g/mol. The number of halogens is 1. The molecule has 18 heavy (non-hydrogen) atoms. The molecule has 3 nitrogen and oxygen atoms in total. The molecule has 0 radical (unpaired) electrons. The minimum Gasteiger partial charge on any atom is -0.392 e. The number of hydrogen-bond acceptors (Lipinski definition) is 3. The predicted octanol–water partition coefficient (Wildman–Crippen LogP) is 1.53. The molecule has 2 rings (SSSR count). The Morgan fingerprint density at radius 1 is 1.50 bits per heavy atom. The number of hydrogen-bond donors (Lipinski definition) is 2. The van der Waals surface area contributed by atoms with Crippen LogP contribution in [0.5, 0.6) is 0 Å². The number of rotatable bonds is 3. The van der Waals surface area contributed by atoms with Gasteiger partial charge in [0.2, 0.25) is 0 Å². The third-order valence-electron chi connectivity index (χ3n) is 3.88. The summed E-state index contributed by atoms with van der Waals surface area (Å²) in [6, 6.07) is 6.59. The molecule has 1 aromatic carbocycles. The van der Waals surface area contributed by atoms with Crippen LogP contribution in [-0.2, 0) is 0 Å². The minimum absolute atomic E-state index is 0.145. The Morgan fingerprint density at radius 2 is 2.22 bits per heavy atom. The largest absolute Gasteiger partial charge is 0.392 e. The highest BCUT2D eigenvalue weighted by atomic mass is 19.1. The Morgan fingerprint density at radius 3 is 2.83 bits per heavy atom. The molecule has 0 spiro atoms. The monoisotopic (exact) mass is 252 g/mol. The van der Waals surface area contributed by atoms with E-state index in [1.165, 1.54) is 6.07 Å². The molecule has 1 saturated heterocycles. The first kappa shape index (κ1) is 13.5. The van der Waals surface area contributed by atoms with Crippen molar-refractivity contribution in [1.29, 1.82) is 0 Å². The fourth-order valence-corrected chi connectivity index (χ4v) is 2.57. The number of aliphatic hydroxyl groups is 1. The summed E-state index contributed by atoms with van der Waals surface area (Å²) >= 11 is 0. The van der Waals surface area contributed by atoms with Crippen LogP contribution >= 0.6 is 0 Å². The number of nitrogens with two attached hydrogens (primary N) is 1. The molecule has 3 unspecified atom stereocenters. The average Bonchev–Trinajstić information content (AvgIpc) is 2.37. The Labute approximate surface area is 107 Å². The molecular formula is C14H21FN2O. The van der Waals surface area contributed by atoms with Gasteiger partial charge in [0.15, 0.2) is 0 Å².